The van der Waals surface area contributed by atoms with Gasteiger partial charge in [0.1, 0.15) is 29.8 Å². The van der Waals surface area contributed by atoms with E-state index in [1.807, 2.05) is 6.07 Å². The van der Waals surface area contributed by atoms with Crippen LogP contribution in [0.25, 0.3) is 0 Å². The molecule has 1 atom stereocenters. The topological polar surface area (TPSA) is 89.6 Å². The largest absolute Gasteiger partial charge is 0.493 e. The molecule has 0 spiro atoms. The smallest absolute Gasteiger partial charge is 0.257 e. The number of hydrogen-bond donors (Lipinski definition) is 2. The van der Waals surface area contributed by atoms with E-state index in [1.54, 1.807) is 50.5 Å². The molecule has 3 aromatic rings. The molecule has 34 heavy (non-hydrogen) atoms. The summed E-state index contributed by atoms with van der Waals surface area (Å²) in [5.41, 5.74) is 0.502. The van der Waals surface area contributed by atoms with Crippen LogP contribution in [0.15, 0.2) is 60.9 Å². The molecule has 0 radical (unpaired) electrons. The summed E-state index contributed by atoms with van der Waals surface area (Å²) in [6.07, 6.45) is 3.33. The number of hydrogen-bond acceptors (Lipinski definition) is 5. The molecule has 2 aromatic carbocycles. The van der Waals surface area contributed by atoms with Gasteiger partial charge in [0.25, 0.3) is 5.91 Å². The van der Waals surface area contributed by atoms with Gasteiger partial charge in [-0.2, -0.15) is 0 Å². The van der Waals surface area contributed by atoms with E-state index in [2.05, 4.69) is 15.6 Å². The minimum Gasteiger partial charge on any atom is -0.493 e. The molecule has 7 nitrogen and oxygen atoms in total. The van der Waals surface area contributed by atoms with E-state index >= 15 is 0 Å². The van der Waals surface area contributed by atoms with Crippen molar-refractivity contribution < 1.29 is 27.8 Å². The van der Waals surface area contributed by atoms with Gasteiger partial charge in [-0.05, 0) is 36.2 Å². The van der Waals surface area contributed by atoms with Gasteiger partial charge < -0.3 is 20.1 Å². The molecule has 0 aliphatic heterocycles. The molecule has 1 aromatic heterocycles. The van der Waals surface area contributed by atoms with Gasteiger partial charge in [-0.3, -0.25) is 14.6 Å². The van der Waals surface area contributed by atoms with Crippen LogP contribution in [0.4, 0.5) is 14.5 Å². The van der Waals surface area contributed by atoms with Crippen LogP contribution in [0.2, 0.25) is 0 Å². The number of methoxy groups -OCH3 is 1. The monoisotopic (exact) mass is 469 g/mol. The van der Waals surface area contributed by atoms with Crippen molar-refractivity contribution in [2.75, 3.05) is 12.4 Å². The molecule has 0 fully saturated rings. The lowest BCUT2D eigenvalue weighted by molar-refractivity contribution is -0.118. The summed E-state index contributed by atoms with van der Waals surface area (Å²) < 4.78 is 39.1. The van der Waals surface area contributed by atoms with E-state index in [1.165, 1.54) is 7.11 Å². The summed E-state index contributed by atoms with van der Waals surface area (Å²) in [5.74, 6) is -3.09. The third kappa shape index (κ3) is 6.06. The Balaban J connectivity index is 1.74. The maximum absolute atomic E-state index is 14.0. The Morgan fingerprint density at radius 3 is 2.38 bits per heavy atom. The number of carbonyl (C=O) groups is 2. The molecular weight excluding hydrogens is 444 g/mol. The van der Waals surface area contributed by atoms with Gasteiger partial charge in [0, 0.05) is 29.7 Å². The molecule has 0 saturated carbocycles. The van der Waals surface area contributed by atoms with Crippen LogP contribution < -0.4 is 20.1 Å². The highest BCUT2D eigenvalue weighted by molar-refractivity contribution is 6.01. The summed E-state index contributed by atoms with van der Waals surface area (Å²) in [5, 5.41) is 5.13. The zero-order valence-electron chi connectivity index (χ0n) is 19.0. The fourth-order valence-electron chi connectivity index (χ4n) is 3.19. The third-order valence-corrected chi connectivity index (χ3v) is 4.97. The normalized spacial score (nSPS) is 11.6. The number of nitrogens with one attached hydrogen (secondary N) is 2. The first-order valence-corrected chi connectivity index (χ1v) is 10.6. The Bertz CT molecular complexity index is 1140. The van der Waals surface area contributed by atoms with E-state index in [9.17, 15) is 18.4 Å². The van der Waals surface area contributed by atoms with Crippen molar-refractivity contribution in [3.05, 3.63) is 83.7 Å². The highest BCUT2D eigenvalue weighted by atomic mass is 19.1. The van der Waals surface area contributed by atoms with Crippen LogP contribution in [0, 0.1) is 17.6 Å². The number of aromatic nitrogens is 1. The fraction of sp³-hybridized carbons (Fsp3) is 0.240. The highest BCUT2D eigenvalue weighted by Crippen LogP contribution is 2.31. The number of pyridine rings is 1. The zero-order chi connectivity index (χ0) is 24.7. The maximum Gasteiger partial charge on any atom is 0.257 e. The van der Waals surface area contributed by atoms with Crippen LogP contribution in [0.1, 0.15) is 29.8 Å². The predicted molar refractivity (Wildman–Crippen MR) is 123 cm³/mol. The second-order valence-corrected chi connectivity index (χ2v) is 7.80. The predicted octanol–water partition coefficient (Wildman–Crippen LogP) is 4.34. The van der Waals surface area contributed by atoms with E-state index < -0.39 is 35.1 Å². The number of halogens is 2. The Morgan fingerprint density at radius 2 is 1.76 bits per heavy atom. The summed E-state index contributed by atoms with van der Waals surface area (Å²) in [6, 6.07) is 10.6. The number of ether oxygens (including phenoxy) is 2. The molecule has 9 heteroatoms. The molecule has 1 heterocycles. The van der Waals surface area contributed by atoms with Gasteiger partial charge in [-0.15, -0.1) is 0 Å². The van der Waals surface area contributed by atoms with Crippen molar-refractivity contribution in [3.63, 3.8) is 0 Å². The van der Waals surface area contributed by atoms with Gasteiger partial charge in [-0.25, -0.2) is 8.78 Å². The zero-order valence-corrected chi connectivity index (χ0v) is 19.0. The van der Waals surface area contributed by atoms with Crippen molar-refractivity contribution in [2.24, 2.45) is 5.92 Å². The lowest BCUT2D eigenvalue weighted by Gasteiger charge is -2.22. The summed E-state index contributed by atoms with van der Waals surface area (Å²) in [4.78, 5) is 29.5. The Morgan fingerprint density at radius 1 is 1.03 bits per heavy atom. The quantitative estimate of drug-likeness (QED) is 0.487. The summed E-state index contributed by atoms with van der Waals surface area (Å²) in [7, 11) is 1.50. The van der Waals surface area contributed by atoms with Crippen molar-refractivity contribution in [2.45, 2.75) is 26.5 Å². The number of rotatable bonds is 9. The van der Waals surface area contributed by atoms with Crippen molar-refractivity contribution in [1.29, 1.82) is 0 Å². The summed E-state index contributed by atoms with van der Waals surface area (Å²) in [6.45, 7) is 3.65. The van der Waals surface area contributed by atoms with Crippen molar-refractivity contribution >= 4 is 17.5 Å². The summed E-state index contributed by atoms with van der Waals surface area (Å²) >= 11 is 0. The van der Waals surface area contributed by atoms with Crippen LogP contribution in [0.3, 0.4) is 0 Å². The molecule has 0 bridgehead atoms. The molecule has 0 aliphatic carbocycles. The lowest BCUT2D eigenvalue weighted by atomic mass is 10.0. The Kier molecular flexibility index (Phi) is 8.13. The molecule has 178 valence electrons. The molecule has 2 amide bonds. The molecule has 0 aliphatic rings. The van der Waals surface area contributed by atoms with Crippen molar-refractivity contribution in [1.82, 2.24) is 10.3 Å². The van der Waals surface area contributed by atoms with Crippen LogP contribution in [0.5, 0.6) is 11.5 Å². The van der Waals surface area contributed by atoms with E-state index in [0.717, 1.165) is 23.8 Å². The van der Waals surface area contributed by atoms with Gasteiger partial charge in [-0.1, -0.05) is 26.0 Å². The number of carbonyl (C=O) groups excluding carboxylic acids is 2. The Hall–Kier alpha value is -4.01. The fourth-order valence-corrected chi connectivity index (χ4v) is 3.19. The third-order valence-electron chi connectivity index (χ3n) is 4.97. The van der Waals surface area contributed by atoms with Crippen LogP contribution in [-0.2, 0) is 11.4 Å². The number of anilines is 1. The van der Waals surface area contributed by atoms with Crippen molar-refractivity contribution in [3.8, 4) is 11.5 Å². The first-order valence-electron chi connectivity index (χ1n) is 10.6. The van der Waals surface area contributed by atoms with Gasteiger partial charge >= 0.3 is 0 Å². The second-order valence-electron chi connectivity index (χ2n) is 7.80. The molecule has 0 unspecified atom stereocenters. The average molecular weight is 469 g/mol. The van der Waals surface area contributed by atoms with Gasteiger partial charge in [0.15, 0.2) is 11.5 Å². The second kappa shape index (κ2) is 11.2. The molecule has 3 rings (SSSR count). The van der Waals surface area contributed by atoms with Gasteiger partial charge in [0.2, 0.25) is 5.91 Å². The minimum atomic E-state index is -1.05. The first-order chi connectivity index (χ1) is 16.3. The maximum atomic E-state index is 14.0. The van der Waals surface area contributed by atoms with Crippen LogP contribution in [-0.4, -0.2) is 29.9 Å². The standard InChI is InChI=1S/C25H25F2N3O4/c1-15(2)23(30-24(31)22-18(26)7-4-8-19(22)27)25(32)29-17-9-10-20(33-3)21(12-17)34-14-16-6-5-11-28-13-16/h4-13,15,23H,14H2,1-3H3,(H,29,32)(H,30,31)/t23-/m0/s1. The van der Waals surface area contributed by atoms with E-state index in [-0.39, 0.29) is 12.5 Å². The molecule has 2 N–H and O–H groups in total. The number of amides is 2. The van der Waals surface area contributed by atoms with E-state index in [0.29, 0.717) is 17.2 Å². The van der Waals surface area contributed by atoms with Gasteiger partial charge in [0.05, 0.1) is 7.11 Å². The molecular formula is C25H25F2N3O4. The SMILES string of the molecule is COc1ccc(NC(=O)[C@@H](NC(=O)c2c(F)cccc2F)C(C)C)cc1OCc1cccnc1. The number of nitrogens with zero attached hydrogens (tertiary/aromatic N) is 1. The molecule has 0 saturated heterocycles. The minimum absolute atomic E-state index is 0.237. The lowest BCUT2D eigenvalue weighted by Crippen LogP contribution is -2.47. The highest BCUT2D eigenvalue weighted by Gasteiger charge is 2.27. The van der Waals surface area contributed by atoms with E-state index in [4.69, 9.17) is 9.47 Å². The van der Waals surface area contributed by atoms with Crippen LogP contribution >= 0.6 is 0 Å². The first kappa shape index (κ1) is 24.6. The number of benzene rings is 2. The average Bonchev–Trinajstić information content (AvgIpc) is 2.81. The Labute approximate surface area is 196 Å².